The van der Waals surface area contributed by atoms with E-state index in [-0.39, 0.29) is 11.9 Å². The van der Waals surface area contributed by atoms with E-state index < -0.39 is 0 Å². The highest BCUT2D eigenvalue weighted by molar-refractivity contribution is 5.54. The summed E-state index contributed by atoms with van der Waals surface area (Å²) in [6.07, 6.45) is 0.892. The minimum atomic E-state index is -0.196. The van der Waals surface area contributed by atoms with Crippen LogP contribution in [0.2, 0.25) is 0 Å². The molecule has 0 fully saturated rings. The molecule has 1 unspecified atom stereocenters. The zero-order chi connectivity index (χ0) is 18.1. The molecule has 1 aliphatic heterocycles. The number of nitrogens with zero attached hydrogens (tertiary/aromatic N) is 3. The maximum Gasteiger partial charge on any atom is 0.257 e. The fourth-order valence-electron chi connectivity index (χ4n) is 3.40. The van der Waals surface area contributed by atoms with E-state index in [2.05, 4.69) is 22.0 Å². The topological polar surface area (TPSA) is 51.4 Å². The van der Waals surface area contributed by atoms with Gasteiger partial charge in [-0.2, -0.15) is 4.98 Å². The lowest BCUT2D eigenvalue weighted by atomic mass is 9.93. The largest absolute Gasteiger partial charge is 0.497 e. The number of hydrogen-bond acceptors (Lipinski definition) is 5. The fraction of sp³-hybridized carbons (Fsp3) is 0.300. The fourth-order valence-corrected chi connectivity index (χ4v) is 3.40. The first-order valence-corrected chi connectivity index (χ1v) is 8.63. The van der Waals surface area contributed by atoms with Gasteiger partial charge in [-0.3, -0.25) is 4.90 Å². The summed E-state index contributed by atoms with van der Waals surface area (Å²) in [5.74, 6) is 1.70. The normalized spacial score (nSPS) is 17.1. The van der Waals surface area contributed by atoms with Gasteiger partial charge in [-0.05, 0) is 60.9 Å². The highest BCUT2D eigenvalue weighted by atomic mass is 19.1. The van der Waals surface area contributed by atoms with E-state index in [9.17, 15) is 4.39 Å². The molecule has 0 spiro atoms. The number of hydrogen-bond donors (Lipinski definition) is 0. The molecule has 0 saturated carbocycles. The van der Waals surface area contributed by atoms with Gasteiger partial charge in [0, 0.05) is 18.2 Å². The van der Waals surface area contributed by atoms with Crippen molar-refractivity contribution in [2.24, 2.45) is 0 Å². The predicted molar refractivity (Wildman–Crippen MR) is 95.2 cm³/mol. The molecular formula is C20H20FN3O2. The Bertz CT molecular complexity index is 908. The summed E-state index contributed by atoms with van der Waals surface area (Å²) in [7, 11) is 1.63. The molecule has 26 heavy (non-hydrogen) atoms. The lowest BCUT2D eigenvalue weighted by molar-refractivity contribution is 0.182. The van der Waals surface area contributed by atoms with Gasteiger partial charge in [0.05, 0.1) is 13.7 Å². The average molecular weight is 353 g/mol. The second kappa shape index (κ2) is 6.88. The first-order chi connectivity index (χ1) is 12.6. The van der Waals surface area contributed by atoms with Crippen LogP contribution in [0, 0.1) is 5.82 Å². The number of ether oxygens (including phenoxy) is 1. The molecule has 0 saturated heterocycles. The van der Waals surface area contributed by atoms with Crippen LogP contribution in [0.5, 0.6) is 5.75 Å². The third kappa shape index (κ3) is 3.20. The smallest absolute Gasteiger partial charge is 0.257 e. The monoisotopic (exact) mass is 353 g/mol. The van der Waals surface area contributed by atoms with Crippen molar-refractivity contribution in [2.75, 3.05) is 13.7 Å². The van der Waals surface area contributed by atoms with E-state index >= 15 is 0 Å². The van der Waals surface area contributed by atoms with Crippen molar-refractivity contribution in [3.8, 4) is 17.2 Å². The van der Waals surface area contributed by atoms with Gasteiger partial charge < -0.3 is 9.26 Å². The molecule has 134 valence electrons. The summed E-state index contributed by atoms with van der Waals surface area (Å²) in [6, 6.07) is 12.6. The molecule has 0 bridgehead atoms. The molecule has 5 nitrogen and oxygen atoms in total. The highest BCUT2D eigenvalue weighted by Crippen LogP contribution is 2.31. The quantitative estimate of drug-likeness (QED) is 0.709. The zero-order valence-electron chi connectivity index (χ0n) is 14.8. The summed E-state index contributed by atoms with van der Waals surface area (Å²) in [5, 5.41) is 4.10. The Balaban J connectivity index is 1.50. The number of fused-ring (bicyclic) bond motifs is 1. The van der Waals surface area contributed by atoms with Gasteiger partial charge in [0.15, 0.2) is 5.82 Å². The average Bonchev–Trinajstić information content (AvgIpc) is 3.13. The SMILES string of the molecule is COc1ccc(-c2nc(CN3CCc4ccc(F)cc4C3C)no2)cc1. The van der Waals surface area contributed by atoms with Crippen molar-refractivity contribution < 1.29 is 13.7 Å². The van der Waals surface area contributed by atoms with E-state index in [1.54, 1.807) is 13.2 Å². The van der Waals surface area contributed by atoms with Crippen LogP contribution < -0.4 is 4.74 Å². The van der Waals surface area contributed by atoms with Crippen LogP contribution in [0.1, 0.15) is 29.9 Å². The van der Waals surface area contributed by atoms with Gasteiger partial charge in [0.2, 0.25) is 0 Å². The molecule has 1 atom stereocenters. The molecule has 0 aliphatic carbocycles. The van der Waals surface area contributed by atoms with Gasteiger partial charge in [-0.1, -0.05) is 11.2 Å². The Hall–Kier alpha value is -2.73. The van der Waals surface area contributed by atoms with Crippen LogP contribution in [0.4, 0.5) is 4.39 Å². The Morgan fingerprint density at radius 2 is 2.04 bits per heavy atom. The van der Waals surface area contributed by atoms with Crippen LogP contribution in [0.25, 0.3) is 11.5 Å². The van der Waals surface area contributed by atoms with Crippen molar-refractivity contribution in [3.63, 3.8) is 0 Å². The maximum absolute atomic E-state index is 13.6. The highest BCUT2D eigenvalue weighted by Gasteiger charge is 2.25. The molecule has 6 heteroatoms. The number of benzene rings is 2. The number of halogens is 1. The predicted octanol–water partition coefficient (Wildman–Crippen LogP) is 4.00. The van der Waals surface area contributed by atoms with Crippen molar-refractivity contribution in [1.82, 2.24) is 15.0 Å². The standard InChI is InChI=1S/C20H20FN3O2/c1-13-18-11-16(21)6-3-14(18)9-10-24(13)12-19-22-20(26-23-19)15-4-7-17(25-2)8-5-15/h3-8,11,13H,9-10,12H2,1-2H3. The van der Waals surface area contributed by atoms with Crippen molar-refractivity contribution in [3.05, 3.63) is 65.2 Å². The molecule has 2 aromatic carbocycles. The Labute approximate surface area is 151 Å². The van der Waals surface area contributed by atoms with Crippen LogP contribution in [0.3, 0.4) is 0 Å². The van der Waals surface area contributed by atoms with Crippen LogP contribution in [-0.4, -0.2) is 28.7 Å². The number of aromatic nitrogens is 2. The zero-order valence-corrected chi connectivity index (χ0v) is 14.8. The van der Waals surface area contributed by atoms with Gasteiger partial charge in [-0.25, -0.2) is 4.39 Å². The Morgan fingerprint density at radius 1 is 1.23 bits per heavy atom. The first-order valence-electron chi connectivity index (χ1n) is 8.63. The van der Waals surface area contributed by atoms with E-state index in [0.29, 0.717) is 18.3 Å². The summed E-state index contributed by atoms with van der Waals surface area (Å²) in [4.78, 5) is 6.74. The minimum absolute atomic E-state index is 0.109. The molecule has 1 aromatic heterocycles. The van der Waals surface area contributed by atoms with E-state index in [1.165, 1.54) is 11.6 Å². The minimum Gasteiger partial charge on any atom is -0.497 e. The van der Waals surface area contributed by atoms with E-state index in [4.69, 9.17) is 9.26 Å². The van der Waals surface area contributed by atoms with Gasteiger partial charge in [0.25, 0.3) is 5.89 Å². The molecule has 0 N–H and O–H groups in total. The van der Waals surface area contributed by atoms with E-state index in [0.717, 1.165) is 29.8 Å². The third-order valence-electron chi connectivity index (χ3n) is 4.92. The molecule has 3 aromatic rings. The number of methoxy groups -OCH3 is 1. The summed E-state index contributed by atoms with van der Waals surface area (Å²) in [6.45, 7) is 3.53. The molecular weight excluding hydrogens is 333 g/mol. The Kier molecular flexibility index (Phi) is 4.42. The van der Waals surface area contributed by atoms with Crippen LogP contribution in [-0.2, 0) is 13.0 Å². The third-order valence-corrected chi connectivity index (χ3v) is 4.92. The van der Waals surface area contributed by atoms with Gasteiger partial charge in [-0.15, -0.1) is 0 Å². The Morgan fingerprint density at radius 3 is 2.81 bits per heavy atom. The molecule has 0 amide bonds. The first kappa shape index (κ1) is 16.7. The van der Waals surface area contributed by atoms with Gasteiger partial charge >= 0.3 is 0 Å². The van der Waals surface area contributed by atoms with Crippen LogP contribution >= 0.6 is 0 Å². The lowest BCUT2D eigenvalue weighted by Crippen LogP contribution is -2.33. The summed E-state index contributed by atoms with van der Waals surface area (Å²) < 4.78 is 24.2. The van der Waals surface area contributed by atoms with Crippen molar-refractivity contribution >= 4 is 0 Å². The second-order valence-electron chi connectivity index (χ2n) is 6.48. The van der Waals surface area contributed by atoms with Crippen LogP contribution in [0.15, 0.2) is 47.0 Å². The second-order valence-corrected chi connectivity index (χ2v) is 6.48. The van der Waals surface area contributed by atoms with E-state index in [1.807, 2.05) is 30.3 Å². The van der Waals surface area contributed by atoms with Crippen molar-refractivity contribution in [2.45, 2.75) is 25.9 Å². The summed E-state index contributed by atoms with van der Waals surface area (Å²) in [5.41, 5.74) is 3.10. The number of rotatable bonds is 4. The molecule has 4 rings (SSSR count). The summed E-state index contributed by atoms with van der Waals surface area (Å²) >= 11 is 0. The molecule has 1 aliphatic rings. The maximum atomic E-state index is 13.6. The lowest BCUT2D eigenvalue weighted by Gasteiger charge is -2.34. The van der Waals surface area contributed by atoms with Crippen molar-refractivity contribution in [1.29, 1.82) is 0 Å². The van der Waals surface area contributed by atoms with Gasteiger partial charge in [0.1, 0.15) is 11.6 Å². The molecule has 2 heterocycles. The molecule has 0 radical (unpaired) electrons.